The van der Waals surface area contributed by atoms with E-state index < -0.39 is 11.4 Å². The number of nitrogens with one attached hydrogen (secondary N) is 2. The Morgan fingerprint density at radius 1 is 1.09 bits per heavy atom. The molecule has 1 saturated carbocycles. The van der Waals surface area contributed by atoms with Gasteiger partial charge in [0.05, 0.1) is 17.5 Å². The summed E-state index contributed by atoms with van der Waals surface area (Å²) in [7, 11) is 0. The van der Waals surface area contributed by atoms with E-state index in [2.05, 4.69) is 10.3 Å². The summed E-state index contributed by atoms with van der Waals surface area (Å²) in [6, 6.07) is 16.7. The molecule has 176 valence electrons. The SMILES string of the molecule is Cc1cc(COc2ccc(C(=O)NC3(CC(=O)NO)CCC(=O)CC3)cc2)c2ccccc2n1. The molecule has 2 aromatic carbocycles. The molecule has 0 spiro atoms. The van der Waals surface area contributed by atoms with Gasteiger partial charge < -0.3 is 10.1 Å². The second-order valence-electron chi connectivity index (χ2n) is 8.74. The van der Waals surface area contributed by atoms with Gasteiger partial charge in [0.2, 0.25) is 5.91 Å². The van der Waals surface area contributed by atoms with Gasteiger partial charge in [-0.25, -0.2) is 5.48 Å². The molecule has 3 N–H and O–H groups in total. The maximum Gasteiger partial charge on any atom is 0.251 e. The Morgan fingerprint density at radius 2 is 1.79 bits per heavy atom. The molecule has 1 fully saturated rings. The molecule has 0 radical (unpaired) electrons. The average molecular weight is 462 g/mol. The van der Waals surface area contributed by atoms with Crippen LogP contribution in [0.3, 0.4) is 0 Å². The molecule has 8 heteroatoms. The topological polar surface area (TPSA) is 118 Å². The van der Waals surface area contributed by atoms with Crippen molar-refractivity contribution in [2.75, 3.05) is 0 Å². The Morgan fingerprint density at radius 3 is 2.50 bits per heavy atom. The average Bonchev–Trinajstić information content (AvgIpc) is 2.84. The number of hydroxylamine groups is 1. The van der Waals surface area contributed by atoms with Crippen LogP contribution in [-0.2, 0) is 16.2 Å². The number of hydrogen-bond donors (Lipinski definition) is 3. The number of aromatic nitrogens is 1. The zero-order valence-electron chi connectivity index (χ0n) is 19.0. The number of carbonyl (C=O) groups is 3. The summed E-state index contributed by atoms with van der Waals surface area (Å²) in [5.41, 5.74) is 4.02. The van der Waals surface area contributed by atoms with Crippen molar-refractivity contribution in [3.05, 3.63) is 71.4 Å². The zero-order valence-corrected chi connectivity index (χ0v) is 19.0. The van der Waals surface area contributed by atoms with E-state index in [1.165, 1.54) is 0 Å². The van der Waals surface area contributed by atoms with Gasteiger partial charge in [0.15, 0.2) is 0 Å². The first kappa shape index (κ1) is 23.4. The van der Waals surface area contributed by atoms with Gasteiger partial charge in [-0.2, -0.15) is 0 Å². The third-order valence-corrected chi connectivity index (χ3v) is 6.21. The number of ether oxygens (including phenoxy) is 1. The van der Waals surface area contributed by atoms with E-state index in [9.17, 15) is 14.4 Å². The number of aryl methyl sites for hydroxylation is 1. The van der Waals surface area contributed by atoms with E-state index in [1.54, 1.807) is 29.7 Å². The third-order valence-electron chi connectivity index (χ3n) is 6.21. The molecular formula is C26H27N3O5. The smallest absolute Gasteiger partial charge is 0.251 e. The second-order valence-corrected chi connectivity index (χ2v) is 8.74. The van der Waals surface area contributed by atoms with Crippen LogP contribution >= 0.6 is 0 Å². The Hall–Kier alpha value is -3.78. The molecule has 1 aliphatic rings. The minimum absolute atomic E-state index is 0.0942. The number of Topliss-reactive ketones (excluding diaryl/α,β-unsaturated/α-hetero) is 1. The first-order valence-electron chi connectivity index (χ1n) is 11.2. The summed E-state index contributed by atoms with van der Waals surface area (Å²) in [6.45, 7) is 2.31. The van der Waals surface area contributed by atoms with Gasteiger partial charge in [0, 0.05) is 35.0 Å². The number of nitrogens with zero attached hydrogens (tertiary/aromatic N) is 1. The Balaban J connectivity index is 1.43. The minimum Gasteiger partial charge on any atom is -0.489 e. The second kappa shape index (κ2) is 10.0. The molecule has 0 bridgehead atoms. The molecule has 1 aromatic heterocycles. The third kappa shape index (κ3) is 5.40. The summed E-state index contributed by atoms with van der Waals surface area (Å²) in [5, 5.41) is 12.9. The fourth-order valence-corrected chi connectivity index (χ4v) is 4.39. The lowest BCUT2D eigenvalue weighted by Crippen LogP contribution is -2.53. The minimum atomic E-state index is -0.868. The van der Waals surface area contributed by atoms with Gasteiger partial charge >= 0.3 is 0 Å². The highest BCUT2D eigenvalue weighted by Crippen LogP contribution is 2.30. The standard InChI is InChI=1S/C26H27N3O5/c1-17-14-19(22-4-2-3-5-23(22)27-17)16-34-21-8-6-18(7-9-21)25(32)28-26(15-24(31)29-33)12-10-20(30)11-13-26/h2-9,14,33H,10-13,15-16H2,1H3,(H,28,32)(H,29,31). The molecule has 2 amide bonds. The van der Waals surface area contributed by atoms with Gasteiger partial charge in [-0.05, 0) is 56.2 Å². The van der Waals surface area contributed by atoms with Crippen molar-refractivity contribution in [2.24, 2.45) is 0 Å². The van der Waals surface area contributed by atoms with Crippen LogP contribution < -0.4 is 15.5 Å². The van der Waals surface area contributed by atoms with E-state index in [-0.39, 0.29) is 31.0 Å². The maximum atomic E-state index is 12.9. The van der Waals surface area contributed by atoms with Crippen molar-refractivity contribution in [3.8, 4) is 5.75 Å². The fourth-order valence-electron chi connectivity index (χ4n) is 4.39. The molecule has 0 aliphatic heterocycles. The monoisotopic (exact) mass is 461 g/mol. The molecule has 1 heterocycles. The predicted octanol–water partition coefficient (Wildman–Crippen LogP) is 3.63. The highest BCUT2D eigenvalue weighted by Gasteiger charge is 2.38. The van der Waals surface area contributed by atoms with Crippen LogP contribution in [-0.4, -0.2) is 33.3 Å². The van der Waals surface area contributed by atoms with E-state index in [1.807, 2.05) is 37.3 Å². The van der Waals surface area contributed by atoms with Crippen molar-refractivity contribution >= 4 is 28.5 Å². The van der Waals surface area contributed by atoms with Crippen LogP contribution in [0, 0.1) is 6.92 Å². The normalized spacial score (nSPS) is 15.1. The van der Waals surface area contributed by atoms with Gasteiger partial charge in [-0.1, -0.05) is 18.2 Å². The highest BCUT2D eigenvalue weighted by molar-refractivity contribution is 5.95. The van der Waals surface area contributed by atoms with Crippen molar-refractivity contribution < 1.29 is 24.3 Å². The van der Waals surface area contributed by atoms with E-state index in [0.29, 0.717) is 30.8 Å². The number of amides is 2. The first-order valence-corrected chi connectivity index (χ1v) is 11.2. The Kier molecular flexibility index (Phi) is 6.88. The van der Waals surface area contributed by atoms with Crippen LogP contribution in [0.15, 0.2) is 54.6 Å². The summed E-state index contributed by atoms with van der Waals surface area (Å²) in [5.74, 6) is -0.222. The van der Waals surface area contributed by atoms with Gasteiger partial charge in [-0.3, -0.25) is 24.6 Å². The van der Waals surface area contributed by atoms with Crippen LogP contribution in [0.25, 0.3) is 10.9 Å². The van der Waals surface area contributed by atoms with Gasteiger partial charge in [0.1, 0.15) is 18.1 Å². The number of fused-ring (bicyclic) bond motifs is 1. The molecular weight excluding hydrogens is 434 g/mol. The summed E-state index contributed by atoms with van der Waals surface area (Å²) in [6.07, 6.45) is 1.18. The summed E-state index contributed by atoms with van der Waals surface area (Å²) < 4.78 is 5.96. The summed E-state index contributed by atoms with van der Waals surface area (Å²) in [4.78, 5) is 40.9. The van der Waals surface area contributed by atoms with Gasteiger partial charge in [-0.15, -0.1) is 0 Å². The molecule has 0 unspecified atom stereocenters. The lowest BCUT2D eigenvalue weighted by molar-refractivity contribution is -0.132. The number of ketones is 1. The predicted molar refractivity (Wildman–Crippen MR) is 125 cm³/mol. The number of carbonyl (C=O) groups excluding carboxylic acids is 3. The van der Waals surface area contributed by atoms with Crippen molar-refractivity contribution in [3.63, 3.8) is 0 Å². The van der Waals surface area contributed by atoms with E-state index >= 15 is 0 Å². The number of para-hydroxylation sites is 1. The van der Waals surface area contributed by atoms with Crippen molar-refractivity contribution in [1.82, 2.24) is 15.8 Å². The fraction of sp³-hybridized carbons (Fsp3) is 0.308. The van der Waals surface area contributed by atoms with Crippen LogP contribution in [0.2, 0.25) is 0 Å². The molecule has 8 nitrogen and oxygen atoms in total. The highest BCUT2D eigenvalue weighted by atomic mass is 16.5. The Bertz CT molecular complexity index is 1210. The quantitative estimate of drug-likeness (QED) is 0.365. The lowest BCUT2D eigenvalue weighted by Gasteiger charge is -2.37. The molecule has 0 saturated heterocycles. The Labute approximate surface area is 197 Å². The number of rotatable bonds is 7. The summed E-state index contributed by atoms with van der Waals surface area (Å²) >= 11 is 0. The zero-order chi connectivity index (χ0) is 24.1. The molecule has 3 aromatic rings. The van der Waals surface area contributed by atoms with Crippen LogP contribution in [0.5, 0.6) is 5.75 Å². The van der Waals surface area contributed by atoms with Crippen molar-refractivity contribution in [2.45, 2.75) is 51.2 Å². The van der Waals surface area contributed by atoms with Crippen molar-refractivity contribution in [1.29, 1.82) is 0 Å². The van der Waals surface area contributed by atoms with E-state index in [0.717, 1.165) is 22.2 Å². The number of benzene rings is 2. The molecule has 0 atom stereocenters. The maximum absolute atomic E-state index is 12.9. The van der Waals surface area contributed by atoms with Crippen LogP contribution in [0.1, 0.15) is 53.7 Å². The first-order chi connectivity index (χ1) is 16.4. The van der Waals surface area contributed by atoms with Crippen LogP contribution in [0.4, 0.5) is 0 Å². The molecule has 1 aliphatic carbocycles. The molecule has 34 heavy (non-hydrogen) atoms. The van der Waals surface area contributed by atoms with Gasteiger partial charge in [0.25, 0.3) is 5.91 Å². The lowest BCUT2D eigenvalue weighted by atomic mass is 9.78. The van der Waals surface area contributed by atoms with E-state index in [4.69, 9.17) is 9.94 Å². The number of pyridine rings is 1. The number of hydrogen-bond acceptors (Lipinski definition) is 6. The molecule has 4 rings (SSSR count). The largest absolute Gasteiger partial charge is 0.489 e.